The number of carbonyl (C=O) groups is 1. The Balaban J connectivity index is 2.33. The Morgan fingerprint density at radius 1 is 1.67 bits per heavy atom. The molecule has 100 valence electrons. The van der Waals surface area contributed by atoms with Gasteiger partial charge in [0, 0.05) is 20.0 Å². The molecule has 0 bridgehead atoms. The number of aryl methyl sites for hydroxylation is 2. The lowest BCUT2D eigenvalue weighted by atomic mass is 9.82. The summed E-state index contributed by atoms with van der Waals surface area (Å²) < 4.78 is 2.76. The van der Waals surface area contributed by atoms with Gasteiger partial charge in [0.15, 0.2) is 0 Å². The minimum Gasteiger partial charge on any atom is -0.481 e. The number of halogens is 1. The normalized spacial score (nSPS) is 23.5. The fraction of sp³-hybridized carbons (Fsp3) is 0.667. The van der Waals surface area contributed by atoms with Gasteiger partial charge in [0.05, 0.1) is 21.3 Å². The van der Waals surface area contributed by atoms with Crippen LogP contribution in [0.2, 0.25) is 0 Å². The molecule has 6 heteroatoms. The summed E-state index contributed by atoms with van der Waals surface area (Å²) in [6.07, 6.45) is 2.02. The summed E-state index contributed by atoms with van der Waals surface area (Å²) in [6.45, 7) is 3.34. The molecule has 1 aliphatic heterocycles. The lowest BCUT2D eigenvalue weighted by molar-refractivity contribution is -0.147. The molecular weight excluding hydrogens is 298 g/mol. The minimum absolute atomic E-state index is 0.513. The summed E-state index contributed by atoms with van der Waals surface area (Å²) in [5.74, 6) is -0.723. The van der Waals surface area contributed by atoms with Gasteiger partial charge in [-0.3, -0.25) is 9.48 Å². The third-order valence-corrected chi connectivity index (χ3v) is 4.62. The average molecular weight is 316 g/mol. The standard InChI is InChI=1S/C12H18BrN3O2/c1-3-8-10(13)9(16(2)15-8)6-12(11(17)18)4-5-14-7-12/h14H,3-7H2,1-2H3,(H,17,18). The fourth-order valence-electron chi connectivity index (χ4n) is 2.49. The van der Waals surface area contributed by atoms with Crippen molar-refractivity contribution in [2.75, 3.05) is 13.1 Å². The Bertz CT molecular complexity index is 464. The number of nitrogens with one attached hydrogen (secondary N) is 1. The highest BCUT2D eigenvalue weighted by molar-refractivity contribution is 9.10. The van der Waals surface area contributed by atoms with Gasteiger partial charge in [-0.25, -0.2) is 0 Å². The molecule has 1 atom stereocenters. The van der Waals surface area contributed by atoms with E-state index in [2.05, 4.69) is 26.3 Å². The van der Waals surface area contributed by atoms with Crippen LogP contribution in [0.25, 0.3) is 0 Å². The number of nitrogens with zero attached hydrogens (tertiary/aromatic N) is 2. The number of rotatable bonds is 4. The molecule has 0 amide bonds. The van der Waals surface area contributed by atoms with Crippen LogP contribution in [0, 0.1) is 5.41 Å². The van der Waals surface area contributed by atoms with Crippen molar-refractivity contribution in [3.05, 3.63) is 15.9 Å². The predicted octanol–water partition coefficient (Wildman–Crippen LogP) is 1.35. The van der Waals surface area contributed by atoms with Crippen LogP contribution in [0.5, 0.6) is 0 Å². The molecule has 2 rings (SSSR count). The molecule has 1 saturated heterocycles. The average Bonchev–Trinajstić information content (AvgIpc) is 2.90. The number of hydrogen-bond donors (Lipinski definition) is 2. The Morgan fingerprint density at radius 3 is 2.83 bits per heavy atom. The van der Waals surface area contributed by atoms with Crippen LogP contribution in [-0.2, 0) is 24.7 Å². The van der Waals surface area contributed by atoms with Crippen LogP contribution in [0.15, 0.2) is 4.47 Å². The van der Waals surface area contributed by atoms with Crippen LogP contribution in [0.4, 0.5) is 0 Å². The quantitative estimate of drug-likeness (QED) is 0.880. The van der Waals surface area contributed by atoms with E-state index >= 15 is 0 Å². The van der Waals surface area contributed by atoms with E-state index in [0.29, 0.717) is 19.4 Å². The van der Waals surface area contributed by atoms with Crippen LogP contribution < -0.4 is 5.32 Å². The third-order valence-electron chi connectivity index (χ3n) is 3.71. The molecule has 1 unspecified atom stereocenters. The second-order valence-corrected chi connectivity index (χ2v) is 5.67. The van der Waals surface area contributed by atoms with Gasteiger partial charge in [-0.2, -0.15) is 5.10 Å². The van der Waals surface area contributed by atoms with Crippen LogP contribution in [0.3, 0.4) is 0 Å². The first kappa shape index (κ1) is 13.5. The zero-order chi connectivity index (χ0) is 13.3. The first-order valence-corrected chi connectivity index (χ1v) is 6.94. The molecule has 0 spiro atoms. The molecule has 1 aliphatic rings. The molecule has 0 aliphatic carbocycles. The summed E-state index contributed by atoms with van der Waals surface area (Å²) in [4.78, 5) is 11.5. The Kier molecular flexibility index (Phi) is 3.77. The van der Waals surface area contributed by atoms with E-state index in [1.165, 1.54) is 0 Å². The topological polar surface area (TPSA) is 67.2 Å². The highest BCUT2D eigenvalue weighted by Gasteiger charge is 2.42. The van der Waals surface area contributed by atoms with E-state index in [4.69, 9.17) is 0 Å². The van der Waals surface area contributed by atoms with E-state index in [1.54, 1.807) is 4.68 Å². The Morgan fingerprint density at radius 2 is 2.39 bits per heavy atom. The molecule has 2 heterocycles. The maximum Gasteiger partial charge on any atom is 0.311 e. The number of hydrogen-bond acceptors (Lipinski definition) is 3. The van der Waals surface area contributed by atoms with Crippen molar-refractivity contribution in [2.45, 2.75) is 26.2 Å². The zero-order valence-electron chi connectivity index (χ0n) is 10.7. The highest BCUT2D eigenvalue weighted by atomic mass is 79.9. The largest absolute Gasteiger partial charge is 0.481 e. The molecule has 0 saturated carbocycles. The van der Waals surface area contributed by atoms with Crippen molar-refractivity contribution in [1.29, 1.82) is 0 Å². The summed E-state index contributed by atoms with van der Waals surface area (Å²) in [7, 11) is 1.87. The van der Waals surface area contributed by atoms with Crippen molar-refractivity contribution < 1.29 is 9.90 Å². The highest BCUT2D eigenvalue weighted by Crippen LogP contribution is 2.34. The van der Waals surface area contributed by atoms with Gasteiger partial charge in [0.2, 0.25) is 0 Å². The lowest BCUT2D eigenvalue weighted by Crippen LogP contribution is -2.36. The maximum absolute atomic E-state index is 11.5. The van der Waals surface area contributed by atoms with Gasteiger partial charge in [-0.1, -0.05) is 6.92 Å². The first-order valence-electron chi connectivity index (χ1n) is 6.14. The fourth-order valence-corrected chi connectivity index (χ4v) is 3.24. The van der Waals surface area contributed by atoms with Gasteiger partial charge in [-0.05, 0) is 35.3 Å². The van der Waals surface area contributed by atoms with Crippen LogP contribution in [0.1, 0.15) is 24.7 Å². The summed E-state index contributed by atoms with van der Waals surface area (Å²) >= 11 is 3.55. The second kappa shape index (κ2) is 5.01. The van der Waals surface area contributed by atoms with E-state index in [1.807, 2.05) is 14.0 Å². The Labute approximate surface area is 115 Å². The van der Waals surface area contributed by atoms with Crippen molar-refractivity contribution in [1.82, 2.24) is 15.1 Å². The first-order chi connectivity index (χ1) is 8.50. The summed E-state index contributed by atoms with van der Waals surface area (Å²) in [5, 5.41) is 17.1. The number of aromatic nitrogens is 2. The molecule has 5 nitrogen and oxygen atoms in total. The van der Waals surface area contributed by atoms with Crippen molar-refractivity contribution in [3.8, 4) is 0 Å². The minimum atomic E-state index is -0.723. The lowest BCUT2D eigenvalue weighted by Gasteiger charge is -2.23. The molecule has 1 aromatic heterocycles. The maximum atomic E-state index is 11.5. The molecule has 1 aromatic rings. The SMILES string of the molecule is CCc1nn(C)c(CC2(C(=O)O)CCNC2)c1Br. The summed E-state index contributed by atoms with van der Waals surface area (Å²) in [5.41, 5.74) is 1.26. The molecule has 18 heavy (non-hydrogen) atoms. The van der Waals surface area contributed by atoms with Crippen molar-refractivity contribution in [3.63, 3.8) is 0 Å². The van der Waals surface area contributed by atoms with Crippen molar-refractivity contribution >= 4 is 21.9 Å². The molecular formula is C12H18BrN3O2. The predicted molar refractivity (Wildman–Crippen MR) is 71.5 cm³/mol. The number of aliphatic carboxylic acids is 1. The summed E-state index contributed by atoms with van der Waals surface area (Å²) in [6, 6.07) is 0. The number of carboxylic acids is 1. The van der Waals surface area contributed by atoms with Crippen LogP contribution >= 0.6 is 15.9 Å². The zero-order valence-corrected chi connectivity index (χ0v) is 12.2. The monoisotopic (exact) mass is 315 g/mol. The molecule has 1 fully saturated rings. The molecule has 0 radical (unpaired) electrons. The van der Waals surface area contributed by atoms with Gasteiger partial charge in [-0.15, -0.1) is 0 Å². The van der Waals surface area contributed by atoms with E-state index in [9.17, 15) is 9.90 Å². The molecule has 0 aromatic carbocycles. The van der Waals surface area contributed by atoms with Crippen molar-refractivity contribution in [2.24, 2.45) is 12.5 Å². The third kappa shape index (κ3) is 2.19. The van der Waals surface area contributed by atoms with Crippen LogP contribution in [-0.4, -0.2) is 33.9 Å². The molecule has 2 N–H and O–H groups in total. The second-order valence-electron chi connectivity index (χ2n) is 4.87. The number of carboxylic acid groups (broad SMARTS) is 1. The van der Waals surface area contributed by atoms with Gasteiger partial charge in [0.1, 0.15) is 0 Å². The van der Waals surface area contributed by atoms with Gasteiger partial charge >= 0.3 is 5.97 Å². The van der Waals surface area contributed by atoms with E-state index < -0.39 is 11.4 Å². The van der Waals surface area contributed by atoms with E-state index in [0.717, 1.165) is 28.8 Å². The Hall–Kier alpha value is -0.880. The smallest absolute Gasteiger partial charge is 0.311 e. The van der Waals surface area contributed by atoms with Gasteiger partial charge in [0.25, 0.3) is 0 Å². The van der Waals surface area contributed by atoms with Gasteiger partial charge < -0.3 is 10.4 Å². The van der Waals surface area contributed by atoms with E-state index in [-0.39, 0.29) is 0 Å².